The predicted molar refractivity (Wildman–Crippen MR) is 142 cm³/mol. The number of benzene rings is 3. The molecule has 0 fully saturated rings. The minimum atomic E-state index is -2.04. The first kappa shape index (κ1) is 28.3. The number of ketones is 1. The van der Waals surface area contributed by atoms with E-state index < -0.39 is 13.3 Å². The number of ether oxygens (including phenoxy) is 1. The maximum atomic E-state index is 12.4. The van der Waals surface area contributed by atoms with Crippen LogP contribution in [0.4, 0.5) is 0 Å². The molecule has 0 amide bonds. The fraction of sp³-hybridized carbons (Fsp3) is 0.259. The Morgan fingerprint density at radius 3 is 1.68 bits per heavy atom. The monoisotopic (exact) mass is 559 g/mol. The van der Waals surface area contributed by atoms with Crippen LogP contribution < -0.4 is 38.6 Å². The SMILES string of the molecule is CSCC(N)C(=O)CCC(=O)OCC[P+](c1ccccc1)(c1ccccc1)c1ccccc1.[Br-]. The molecule has 3 aromatic rings. The van der Waals surface area contributed by atoms with Crippen molar-refractivity contribution in [3.05, 3.63) is 91.0 Å². The molecular formula is C27H31BrNO3PS. The molecule has 1 atom stereocenters. The molecular weight excluding hydrogens is 529 g/mol. The second-order valence-electron chi connectivity index (χ2n) is 7.79. The van der Waals surface area contributed by atoms with Crippen LogP contribution in [0.15, 0.2) is 91.0 Å². The lowest BCUT2D eigenvalue weighted by molar-refractivity contribution is -0.144. The molecule has 7 heteroatoms. The van der Waals surface area contributed by atoms with Gasteiger partial charge in [-0.2, -0.15) is 11.8 Å². The Balaban J connectivity index is 0.00000408. The highest BCUT2D eigenvalue weighted by atomic mass is 79.9. The summed E-state index contributed by atoms with van der Waals surface area (Å²) >= 11 is 1.52. The molecule has 3 rings (SSSR count). The van der Waals surface area contributed by atoms with Crippen LogP contribution >= 0.6 is 19.0 Å². The second-order valence-corrected chi connectivity index (χ2v) is 12.3. The van der Waals surface area contributed by atoms with E-state index in [9.17, 15) is 9.59 Å². The van der Waals surface area contributed by atoms with E-state index in [-0.39, 0.29) is 48.2 Å². The van der Waals surface area contributed by atoms with Crippen LogP contribution in [0.1, 0.15) is 12.8 Å². The number of halogens is 1. The molecule has 0 saturated carbocycles. The normalized spacial score (nSPS) is 11.8. The van der Waals surface area contributed by atoms with Crippen LogP contribution in [0.5, 0.6) is 0 Å². The summed E-state index contributed by atoms with van der Waals surface area (Å²) in [4.78, 5) is 24.5. The van der Waals surface area contributed by atoms with Gasteiger partial charge in [-0.3, -0.25) is 9.59 Å². The third-order valence-electron chi connectivity index (χ3n) is 5.62. The number of carbonyl (C=O) groups excluding carboxylic acids is 2. The lowest BCUT2D eigenvalue weighted by atomic mass is 10.1. The summed E-state index contributed by atoms with van der Waals surface area (Å²) in [5.41, 5.74) is 5.85. The minimum absolute atomic E-state index is 0. The van der Waals surface area contributed by atoms with Crippen LogP contribution in [-0.4, -0.2) is 42.6 Å². The van der Waals surface area contributed by atoms with Gasteiger partial charge in [0.1, 0.15) is 35.9 Å². The van der Waals surface area contributed by atoms with Crippen molar-refractivity contribution in [3.8, 4) is 0 Å². The molecule has 0 aliphatic carbocycles. The average Bonchev–Trinajstić information content (AvgIpc) is 2.87. The number of rotatable bonds is 12. The van der Waals surface area contributed by atoms with E-state index in [1.54, 1.807) is 0 Å². The topological polar surface area (TPSA) is 69.4 Å². The molecule has 0 spiro atoms. The zero-order chi connectivity index (χ0) is 23.5. The summed E-state index contributed by atoms with van der Waals surface area (Å²) in [6, 6.07) is 30.9. The number of hydrogen-bond acceptors (Lipinski definition) is 5. The van der Waals surface area contributed by atoms with Crippen molar-refractivity contribution in [2.45, 2.75) is 18.9 Å². The van der Waals surface area contributed by atoms with E-state index in [1.165, 1.54) is 27.7 Å². The number of hydrogen-bond donors (Lipinski definition) is 1. The highest BCUT2D eigenvalue weighted by molar-refractivity contribution is 7.98. The fourth-order valence-electron chi connectivity index (χ4n) is 3.93. The van der Waals surface area contributed by atoms with Crippen molar-refractivity contribution in [2.24, 2.45) is 5.73 Å². The van der Waals surface area contributed by atoms with Crippen molar-refractivity contribution in [2.75, 3.05) is 24.8 Å². The van der Waals surface area contributed by atoms with Gasteiger partial charge in [-0.05, 0) is 42.7 Å². The van der Waals surface area contributed by atoms with Gasteiger partial charge in [0.25, 0.3) is 0 Å². The Bertz CT molecular complexity index is 925. The molecule has 0 bridgehead atoms. The van der Waals surface area contributed by atoms with Crippen molar-refractivity contribution in [3.63, 3.8) is 0 Å². The molecule has 0 radical (unpaired) electrons. The van der Waals surface area contributed by atoms with E-state index in [0.717, 1.165) is 0 Å². The first-order valence-corrected chi connectivity index (χ1v) is 14.4. The van der Waals surface area contributed by atoms with Gasteiger partial charge < -0.3 is 27.5 Å². The van der Waals surface area contributed by atoms with Gasteiger partial charge in [-0.1, -0.05) is 54.6 Å². The molecule has 3 aromatic carbocycles. The number of carbonyl (C=O) groups is 2. The first-order valence-electron chi connectivity index (χ1n) is 11.1. The van der Waals surface area contributed by atoms with Crippen molar-refractivity contribution in [1.82, 2.24) is 0 Å². The van der Waals surface area contributed by atoms with Gasteiger partial charge in [0.05, 0.1) is 12.5 Å². The Morgan fingerprint density at radius 1 is 0.824 bits per heavy atom. The quantitative estimate of drug-likeness (QED) is 0.259. The zero-order valence-corrected chi connectivity index (χ0v) is 22.6. The first-order chi connectivity index (χ1) is 16.1. The number of thioether (sulfide) groups is 1. The second kappa shape index (κ2) is 14.4. The van der Waals surface area contributed by atoms with Crippen LogP contribution in [0.25, 0.3) is 0 Å². The van der Waals surface area contributed by atoms with Crippen molar-refractivity contribution in [1.29, 1.82) is 0 Å². The highest BCUT2D eigenvalue weighted by Crippen LogP contribution is 2.54. The third kappa shape index (κ3) is 7.26. The zero-order valence-electron chi connectivity index (χ0n) is 19.3. The summed E-state index contributed by atoms with van der Waals surface area (Å²) in [5, 5.41) is 3.74. The summed E-state index contributed by atoms with van der Waals surface area (Å²) < 4.78 is 5.64. The molecule has 0 saturated heterocycles. The summed E-state index contributed by atoms with van der Waals surface area (Å²) in [6.45, 7) is 0.288. The van der Waals surface area contributed by atoms with Crippen molar-refractivity contribution < 1.29 is 31.3 Å². The number of esters is 1. The lowest BCUT2D eigenvalue weighted by Crippen LogP contribution is -3.00. The van der Waals surface area contributed by atoms with Gasteiger partial charge in [0.2, 0.25) is 0 Å². The minimum Gasteiger partial charge on any atom is -1.00 e. The van der Waals surface area contributed by atoms with Gasteiger partial charge in [-0.25, -0.2) is 0 Å². The van der Waals surface area contributed by atoms with Crippen LogP contribution in [0.3, 0.4) is 0 Å². The van der Waals surface area contributed by atoms with Gasteiger partial charge in [-0.15, -0.1) is 0 Å². The van der Waals surface area contributed by atoms with Crippen molar-refractivity contribution >= 4 is 46.7 Å². The van der Waals surface area contributed by atoms with Crippen LogP contribution in [0, 0.1) is 0 Å². The Labute approximate surface area is 217 Å². The van der Waals surface area contributed by atoms with Crippen LogP contribution in [-0.2, 0) is 14.3 Å². The smallest absolute Gasteiger partial charge is 0.306 e. The number of nitrogens with two attached hydrogens (primary N) is 1. The summed E-state index contributed by atoms with van der Waals surface area (Å²) in [6.07, 6.45) is 2.78. The van der Waals surface area contributed by atoms with Gasteiger partial charge >= 0.3 is 5.97 Å². The fourth-order valence-corrected chi connectivity index (χ4v) is 8.56. The van der Waals surface area contributed by atoms with Gasteiger partial charge in [0.15, 0.2) is 5.78 Å². The van der Waals surface area contributed by atoms with Crippen LogP contribution in [0.2, 0.25) is 0 Å². The molecule has 180 valence electrons. The number of Topliss-reactive ketones (excluding diaryl/α,β-unsaturated/α-hetero) is 1. The average molecular weight is 560 g/mol. The van der Waals surface area contributed by atoms with E-state index in [2.05, 4.69) is 72.8 Å². The Morgan fingerprint density at radius 2 is 1.26 bits per heavy atom. The predicted octanol–water partition coefficient (Wildman–Crippen LogP) is 0.567. The standard InChI is InChI=1S/C27H31NO3PS.BrH/c1-33-21-25(28)26(29)17-18-27(30)31-19-20-32(22-11-5-2-6-12-22,23-13-7-3-8-14-23)24-15-9-4-10-16-24;/h2-16,25H,17-21,28H2,1H3;1H/q+1;/p-1. The molecule has 0 aromatic heterocycles. The van der Waals surface area contributed by atoms with E-state index in [1.807, 2.05) is 24.5 Å². The lowest BCUT2D eigenvalue weighted by Gasteiger charge is -2.27. The maximum absolute atomic E-state index is 12.4. The molecule has 34 heavy (non-hydrogen) atoms. The molecule has 0 aliphatic rings. The Kier molecular flexibility index (Phi) is 12.0. The van der Waals surface area contributed by atoms with E-state index in [0.29, 0.717) is 11.9 Å². The summed E-state index contributed by atoms with van der Waals surface area (Å²) in [7, 11) is -2.04. The van der Waals surface area contributed by atoms with E-state index in [4.69, 9.17) is 10.5 Å². The molecule has 0 heterocycles. The molecule has 1 unspecified atom stereocenters. The molecule has 4 nitrogen and oxygen atoms in total. The van der Waals surface area contributed by atoms with E-state index >= 15 is 0 Å². The maximum Gasteiger partial charge on any atom is 0.306 e. The highest BCUT2D eigenvalue weighted by Gasteiger charge is 2.45. The van der Waals surface area contributed by atoms with Gasteiger partial charge in [0, 0.05) is 12.2 Å². The third-order valence-corrected chi connectivity index (χ3v) is 10.7. The summed E-state index contributed by atoms with van der Waals surface area (Å²) in [5.74, 6) is 0.111. The molecule has 2 N–H and O–H groups in total. The Hall–Kier alpha value is -1.98. The largest absolute Gasteiger partial charge is 1.00 e. The molecule has 0 aliphatic heterocycles.